The molecule has 0 heterocycles. The zero-order valence-electron chi connectivity index (χ0n) is 16.4. The summed E-state index contributed by atoms with van der Waals surface area (Å²) in [6.07, 6.45) is 14.5. The van der Waals surface area contributed by atoms with Crippen molar-refractivity contribution >= 4 is 16.3 Å². The summed E-state index contributed by atoms with van der Waals surface area (Å²) < 4.78 is 0. The first kappa shape index (κ1) is 22.0. The quantitative estimate of drug-likeness (QED) is 0.261. The van der Waals surface area contributed by atoms with E-state index in [0.717, 1.165) is 0 Å². The monoisotopic (exact) mass is 341 g/mol. The zero-order chi connectivity index (χ0) is 16.9. The molecule has 0 aromatic heterocycles. The molecular formula is C19H43NSi2. The standard InChI is InChI=1S/C19H43NSi2/c1-7-22(8-2,9-3)20-18-16-14-12-10-11-13-15-17-19-21(4,5)6/h16,18,20H,7-15,17,19H2,1-6H3. The van der Waals surface area contributed by atoms with Gasteiger partial charge in [0.1, 0.15) is 0 Å². The predicted molar refractivity (Wildman–Crippen MR) is 110 cm³/mol. The summed E-state index contributed by atoms with van der Waals surface area (Å²) in [7, 11) is -1.94. The highest BCUT2D eigenvalue weighted by molar-refractivity contribution is 6.77. The molecule has 0 aliphatic carbocycles. The fourth-order valence-electron chi connectivity index (χ4n) is 3.00. The van der Waals surface area contributed by atoms with Crippen LogP contribution >= 0.6 is 0 Å². The second kappa shape index (κ2) is 12.4. The van der Waals surface area contributed by atoms with Gasteiger partial charge in [-0.1, -0.05) is 84.6 Å². The Kier molecular flexibility index (Phi) is 12.4. The summed E-state index contributed by atoms with van der Waals surface area (Å²) >= 11 is 0. The van der Waals surface area contributed by atoms with Crippen LogP contribution in [-0.2, 0) is 0 Å². The van der Waals surface area contributed by atoms with E-state index in [1.54, 1.807) is 0 Å². The van der Waals surface area contributed by atoms with Crippen molar-refractivity contribution in [3.63, 3.8) is 0 Å². The Bertz CT molecular complexity index is 269. The number of rotatable bonds is 14. The van der Waals surface area contributed by atoms with Gasteiger partial charge in [0, 0.05) is 8.07 Å². The molecule has 0 rings (SSSR count). The van der Waals surface area contributed by atoms with E-state index in [0.29, 0.717) is 0 Å². The minimum absolute atomic E-state index is 0.786. The van der Waals surface area contributed by atoms with Crippen molar-refractivity contribution in [3.8, 4) is 0 Å². The molecule has 0 radical (unpaired) electrons. The van der Waals surface area contributed by atoms with Gasteiger partial charge in [-0.2, -0.15) is 0 Å². The summed E-state index contributed by atoms with van der Waals surface area (Å²) in [5.41, 5.74) is 0. The third kappa shape index (κ3) is 11.5. The van der Waals surface area contributed by atoms with Crippen molar-refractivity contribution in [2.75, 3.05) is 0 Å². The first-order chi connectivity index (χ1) is 10.4. The lowest BCUT2D eigenvalue weighted by molar-refractivity contribution is 0.609. The molecule has 132 valence electrons. The van der Waals surface area contributed by atoms with Crippen LogP contribution in [0.2, 0.25) is 43.8 Å². The lowest BCUT2D eigenvalue weighted by Crippen LogP contribution is -2.45. The molecule has 1 nitrogen and oxygen atoms in total. The third-order valence-corrected chi connectivity index (χ3v) is 11.8. The van der Waals surface area contributed by atoms with Crippen LogP contribution in [0.15, 0.2) is 12.3 Å². The average molecular weight is 342 g/mol. The fraction of sp³-hybridized carbons (Fsp3) is 0.895. The zero-order valence-corrected chi connectivity index (χ0v) is 18.4. The van der Waals surface area contributed by atoms with Gasteiger partial charge in [-0.05, 0) is 37.2 Å². The Morgan fingerprint density at radius 1 is 0.727 bits per heavy atom. The van der Waals surface area contributed by atoms with E-state index in [-0.39, 0.29) is 0 Å². The summed E-state index contributed by atoms with van der Waals surface area (Å²) in [4.78, 5) is 3.78. The second-order valence-electron chi connectivity index (χ2n) is 8.11. The average Bonchev–Trinajstić information content (AvgIpc) is 2.48. The van der Waals surface area contributed by atoms with Crippen molar-refractivity contribution in [2.24, 2.45) is 0 Å². The number of nitrogens with one attached hydrogen (secondary N) is 1. The highest BCUT2D eigenvalue weighted by Crippen LogP contribution is 2.17. The molecule has 0 fully saturated rings. The molecule has 1 N–H and O–H groups in total. The Morgan fingerprint density at radius 3 is 1.73 bits per heavy atom. The van der Waals surface area contributed by atoms with Crippen LogP contribution in [-0.4, -0.2) is 16.3 Å². The predicted octanol–water partition coefficient (Wildman–Crippen LogP) is 7.16. The van der Waals surface area contributed by atoms with Crippen molar-refractivity contribution < 1.29 is 0 Å². The van der Waals surface area contributed by atoms with Crippen molar-refractivity contribution in [3.05, 3.63) is 12.3 Å². The molecule has 0 amide bonds. The topological polar surface area (TPSA) is 12.0 Å². The lowest BCUT2D eigenvalue weighted by atomic mass is 10.1. The summed E-state index contributed by atoms with van der Waals surface area (Å²) in [6, 6.07) is 5.56. The summed E-state index contributed by atoms with van der Waals surface area (Å²) in [5.74, 6) is 0. The molecule has 22 heavy (non-hydrogen) atoms. The Morgan fingerprint density at radius 2 is 1.23 bits per heavy atom. The largest absolute Gasteiger partial charge is 0.416 e. The van der Waals surface area contributed by atoms with Crippen LogP contribution in [0, 0.1) is 0 Å². The molecule has 0 aliphatic rings. The fourth-order valence-corrected chi connectivity index (χ4v) is 6.89. The second-order valence-corrected chi connectivity index (χ2v) is 18.7. The lowest BCUT2D eigenvalue weighted by Gasteiger charge is -2.27. The molecule has 0 bridgehead atoms. The molecule has 0 spiro atoms. The van der Waals surface area contributed by atoms with E-state index in [9.17, 15) is 0 Å². The van der Waals surface area contributed by atoms with Gasteiger partial charge >= 0.3 is 0 Å². The van der Waals surface area contributed by atoms with Gasteiger partial charge in [0.25, 0.3) is 0 Å². The van der Waals surface area contributed by atoms with Crippen LogP contribution in [0.3, 0.4) is 0 Å². The maximum absolute atomic E-state index is 3.78. The van der Waals surface area contributed by atoms with Crippen LogP contribution in [0.1, 0.15) is 65.7 Å². The van der Waals surface area contributed by atoms with Gasteiger partial charge in [-0.25, -0.2) is 0 Å². The maximum atomic E-state index is 3.78. The van der Waals surface area contributed by atoms with Crippen LogP contribution in [0.25, 0.3) is 0 Å². The molecule has 0 aliphatic heterocycles. The maximum Gasteiger partial charge on any atom is 0.152 e. The van der Waals surface area contributed by atoms with E-state index in [1.165, 1.54) is 69.1 Å². The number of hydrogen-bond acceptors (Lipinski definition) is 1. The van der Waals surface area contributed by atoms with Gasteiger partial charge in [0.2, 0.25) is 0 Å². The van der Waals surface area contributed by atoms with Crippen molar-refractivity contribution in [2.45, 2.75) is 110 Å². The van der Waals surface area contributed by atoms with Crippen LogP contribution in [0.5, 0.6) is 0 Å². The number of allylic oxidation sites excluding steroid dienone is 1. The highest BCUT2D eigenvalue weighted by atomic mass is 28.3. The van der Waals surface area contributed by atoms with Gasteiger partial charge < -0.3 is 4.98 Å². The van der Waals surface area contributed by atoms with Gasteiger partial charge in [-0.15, -0.1) is 0 Å². The van der Waals surface area contributed by atoms with Crippen LogP contribution < -0.4 is 4.98 Å². The summed E-state index contributed by atoms with van der Waals surface area (Å²) in [5, 5.41) is 0. The first-order valence-electron chi connectivity index (χ1n) is 9.82. The van der Waals surface area contributed by atoms with Crippen molar-refractivity contribution in [1.82, 2.24) is 4.98 Å². The molecule has 0 atom stereocenters. The Balaban J connectivity index is 3.52. The van der Waals surface area contributed by atoms with E-state index >= 15 is 0 Å². The Hall–Kier alpha value is -0.0262. The number of unbranched alkanes of at least 4 members (excludes halogenated alkanes) is 6. The SMILES string of the molecule is CC[Si](CC)(CC)NC=CCCCCCCCC[Si](C)(C)C. The molecule has 0 saturated carbocycles. The van der Waals surface area contributed by atoms with Gasteiger partial charge in [0.05, 0.1) is 0 Å². The van der Waals surface area contributed by atoms with Gasteiger partial charge in [0.15, 0.2) is 8.24 Å². The molecule has 0 aromatic carbocycles. The van der Waals surface area contributed by atoms with E-state index < -0.39 is 16.3 Å². The minimum atomic E-state index is -1.16. The number of hydrogen-bond donors (Lipinski definition) is 1. The highest BCUT2D eigenvalue weighted by Gasteiger charge is 2.25. The van der Waals surface area contributed by atoms with Gasteiger partial charge in [-0.3, -0.25) is 0 Å². The van der Waals surface area contributed by atoms with E-state index in [4.69, 9.17) is 0 Å². The van der Waals surface area contributed by atoms with Crippen LogP contribution in [0.4, 0.5) is 0 Å². The molecule has 0 unspecified atom stereocenters. The minimum Gasteiger partial charge on any atom is -0.416 e. The molecule has 0 saturated heterocycles. The molecule has 3 heteroatoms. The summed E-state index contributed by atoms with van der Waals surface area (Å²) in [6.45, 7) is 14.5. The molecule has 0 aromatic rings. The first-order valence-corrected chi connectivity index (χ1v) is 16.1. The van der Waals surface area contributed by atoms with E-state index in [2.05, 4.69) is 57.7 Å². The normalized spacial score (nSPS) is 13.0. The Labute approximate surface area is 143 Å². The smallest absolute Gasteiger partial charge is 0.152 e. The molecular weight excluding hydrogens is 298 g/mol. The van der Waals surface area contributed by atoms with E-state index in [1.807, 2.05) is 0 Å². The third-order valence-electron chi connectivity index (χ3n) is 5.09. The van der Waals surface area contributed by atoms with Crippen molar-refractivity contribution in [1.29, 1.82) is 0 Å².